The Hall–Kier alpha value is -2.10. The Balaban J connectivity index is 2.32. The predicted octanol–water partition coefficient (Wildman–Crippen LogP) is 3.08. The van der Waals surface area contributed by atoms with E-state index in [1.807, 2.05) is 19.1 Å². The van der Waals surface area contributed by atoms with Gasteiger partial charge in [0.05, 0.1) is 0 Å². The average molecular weight is 257 g/mol. The zero-order chi connectivity index (χ0) is 13.8. The Labute approximate surface area is 112 Å². The van der Waals surface area contributed by atoms with E-state index in [1.54, 1.807) is 6.07 Å². The third kappa shape index (κ3) is 3.22. The van der Waals surface area contributed by atoms with Crippen LogP contribution in [0.1, 0.15) is 30.2 Å². The number of benzene rings is 1. The molecule has 4 heteroatoms. The molecule has 2 rings (SSSR count). The van der Waals surface area contributed by atoms with Crippen molar-refractivity contribution in [3.8, 4) is 0 Å². The molecule has 0 aliphatic rings. The van der Waals surface area contributed by atoms with Gasteiger partial charge in [0, 0.05) is 17.4 Å². The van der Waals surface area contributed by atoms with Gasteiger partial charge in [-0.2, -0.15) is 0 Å². The number of hydrogen-bond acceptors (Lipinski definition) is 3. The fourth-order valence-electron chi connectivity index (χ4n) is 1.97. The van der Waals surface area contributed by atoms with Crippen LogP contribution >= 0.6 is 0 Å². The van der Waals surface area contributed by atoms with Crippen molar-refractivity contribution in [2.45, 2.75) is 33.6 Å². The number of H-pyrrole nitrogens is 1. The number of anilines is 2. The number of rotatable bonds is 4. The molecule has 0 aliphatic carbocycles. The van der Waals surface area contributed by atoms with Gasteiger partial charge in [-0.3, -0.25) is 9.78 Å². The fourth-order valence-corrected chi connectivity index (χ4v) is 1.97. The Morgan fingerprint density at radius 3 is 2.84 bits per heavy atom. The summed E-state index contributed by atoms with van der Waals surface area (Å²) in [6, 6.07) is 7.58. The van der Waals surface area contributed by atoms with Crippen molar-refractivity contribution in [1.82, 2.24) is 9.97 Å². The maximum absolute atomic E-state index is 11.6. The zero-order valence-corrected chi connectivity index (χ0v) is 11.6. The standard InChI is InChI=1S/C15H19N3O/c1-4-6-12-9-14(19)18-15(16-12)17-13-8-5-7-10(2)11(13)3/h5,7-9H,4,6H2,1-3H3,(H2,16,17,18,19). The van der Waals surface area contributed by atoms with E-state index >= 15 is 0 Å². The molecule has 1 heterocycles. The largest absolute Gasteiger partial charge is 0.325 e. The molecule has 0 saturated heterocycles. The van der Waals surface area contributed by atoms with Crippen LogP contribution < -0.4 is 10.9 Å². The first-order valence-electron chi connectivity index (χ1n) is 6.53. The maximum atomic E-state index is 11.6. The van der Waals surface area contributed by atoms with Gasteiger partial charge in [0.25, 0.3) is 5.56 Å². The van der Waals surface area contributed by atoms with Gasteiger partial charge in [-0.25, -0.2) is 4.98 Å². The van der Waals surface area contributed by atoms with Crippen LogP contribution in [0.2, 0.25) is 0 Å². The third-order valence-corrected chi connectivity index (χ3v) is 3.16. The van der Waals surface area contributed by atoms with Crippen LogP contribution in [0, 0.1) is 13.8 Å². The summed E-state index contributed by atoms with van der Waals surface area (Å²) in [6.45, 7) is 6.18. The number of aromatic amines is 1. The minimum absolute atomic E-state index is 0.119. The molecule has 0 atom stereocenters. The molecule has 0 aliphatic heterocycles. The van der Waals surface area contributed by atoms with Crippen molar-refractivity contribution < 1.29 is 0 Å². The summed E-state index contributed by atoms with van der Waals surface area (Å²) in [5.41, 5.74) is 4.03. The molecule has 100 valence electrons. The molecule has 2 N–H and O–H groups in total. The third-order valence-electron chi connectivity index (χ3n) is 3.16. The lowest BCUT2D eigenvalue weighted by Gasteiger charge is -2.11. The molecule has 0 saturated carbocycles. The van der Waals surface area contributed by atoms with Crippen molar-refractivity contribution >= 4 is 11.6 Å². The van der Waals surface area contributed by atoms with Crippen LogP contribution in [-0.4, -0.2) is 9.97 Å². The summed E-state index contributed by atoms with van der Waals surface area (Å²) in [7, 11) is 0. The molecule has 1 aromatic carbocycles. The van der Waals surface area contributed by atoms with E-state index in [1.165, 1.54) is 5.56 Å². The highest BCUT2D eigenvalue weighted by molar-refractivity contribution is 5.59. The van der Waals surface area contributed by atoms with Gasteiger partial charge in [-0.15, -0.1) is 0 Å². The summed E-state index contributed by atoms with van der Waals surface area (Å²) in [5, 5.41) is 3.19. The van der Waals surface area contributed by atoms with E-state index in [2.05, 4.69) is 35.2 Å². The molecular formula is C15H19N3O. The normalized spacial score (nSPS) is 10.5. The minimum atomic E-state index is -0.119. The van der Waals surface area contributed by atoms with Crippen LogP contribution in [0.5, 0.6) is 0 Å². The number of aryl methyl sites for hydroxylation is 2. The molecule has 0 spiro atoms. The highest BCUT2D eigenvalue weighted by Crippen LogP contribution is 2.20. The number of nitrogens with zero attached hydrogens (tertiary/aromatic N) is 1. The first-order valence-corrected chi connectivity index (χ1v) is 6.53. The molecule has 2 aromatic rings. The lowest BCUT2D eigenvalue weighted by atomic mass is 10.1. The average Bonchev–Trinajstić information content (AvgIpc) is 2.35. The molecule has 0 bridgehead atoms. The van der Waals surface area contributed by atoms with Gasteiger partial charge in [0.1, 0.15) is 0 Å². The second kappa shape index (κ2) is 5.69. The summed E-state index contributed by atoms with van der Waals surface area (Å²) in [4.78, 5) is 18.7. The van der Waals surface area contributed by atoms with Gasteiger partial charge in [0.2, 0.25) is 5.95 Å². The first kappa shape index (κ1) is 13.3. The van der Waals surface area contributed by atoms with Crippen molar-refractivity contribution in [2.24, 2.45) is 0 Å². The van der Waals surface area contributed by atoms with E-state index in [0.29, 0.717) is 5.95 Å². The van der Waals surface area contributed by atoms with E-state index < -0.39 is 0 Å². The van der Waals surface area contributed by atoms with Crippen molar-refractivity contribution in [2.75, 3.05) is 5.32 Å². The molecule has 0 unspecified atom stereocenters. The summed E-state index contributed by atoms with van der Waals surface area (Å²) in [5.74, 6) is 0.504. The van der Waals surface area contributed by atoms with Crippen molar-refractivity contribution in [3.05, 3.63) is 51.4 Å². The predicted molar refractivity (Wildman–Crippen MR) is 78.1 cm³/mol. The Morgan fingerprint density at radius 1 is 1.32 bits per heavy atom. The number of hydrogen-bond donors (Lipinski definition) is 2. The van der Waals surface area contributed by atoms with Gasteiger partial charge in [-0.1, -0.05) is 25.5 Å². The quantitative estimate of drug-likeness (QED) is 0.885. The topological polar surface area (TPSA) is 57.8 Å². The van der Waals surface area contributed by atoms with E-state index in [4.69, 9.17) is 0 Å². The monoisotopic (exact) mass is 257 g/mol. The zero-order valence-electron chi connectivity index (χ0n) is 11.6. The molecule has 0 fully saturated rings. The molecule has 1 aromatic heterocycles. The van der Waals surface area contributed by atoms with E-state index in [0.717, 1.165) is 29.8 Å². The minimum Gasteiger partial charge on any atom is -0.325 e. The van der Waals surface area contributed by atoms with E-state index in [-0.39, 0.29) is 5.56 Å². The summed E-state index contributed by atoms with van der Waals surface area (Å²) in [6.07, 6.45) is 1.78. The van der Waals surface area contributed by atoms with Gasteiger partial charge in [-0.05, 0) is 37.5 Å². The molecule has 4 nitrogen and oxygen atoms in total. The second-order valence-electron chi connectivity index (χ2n) is 4.71. The van der Waals surface area contributed by atoms with Crippen LogP contribution in [0.3, 0.4) is 0 Å². The van der Waals surface area contributed by atoms with Crippen molar-refractivity contribution in [1.29, 1.82) is 0 Å². The molecule has 0 radical (unpaired) electrons. The Morgan fingerprint density at radius 2 is 2.11 bits per heavy atom. The Kier molecular flexibility index (Phi) is 4.00. The van der Waals surface area contributed by atoms with Gasteiger partial charge in [0.15, 0.2) is 0 Å². The fraction of sp³-hybridized carbons (Fsp3) is 0.333. The van der Waals surface area contributed by atoms with Crippen LogP contribution in [0.4, 0.5) is 11.6 Å². The molecule has 0 amide bonds. The highest BCUT2D eigenvalue weighted by Gasteiger charge is 2.04. The van der Waals surface area contributed by atoms with Crippen LogP contribution in [0.25, 0.3) is 0 Å². The lowest BCUT2D eigenvalue weighted by Crippen LogP contribution is -2.12. The van der Waals surface area contributed by atoms with Gasteiger partial charge < -0.3 is 5.32 Å². The highest BCUT2D eigenvalue weighted by atomic mass is 16.1. The summed E-state index contributed by atoms with van der Waals surface area (Å²) >= 11 is 0. The maximum Gasteiger partial charge on any atom is 0.252 e. The van der Waals surface area contributed by atoms with Gasteiger partial charge >= 0.3 is 0 Å². The molecule has 19 heavy (non-hydrogen) atoms. The first-order chi connectivity index (χ1) is 9.10. The number of aromatic nitrogens is 2. The lowest BCUT2D eigenvalue weighted by molar-refractivity contribution is 0.870. The smallest absolute Gasteiger partial charge is 0.252 e. The van der Waals surface area contributed by atoms with E-state index in [9.17, 15) is 4.79 Å². The van der Waals surface area contributed by atoms with Crippen LogP contribution in [-0.2, 0) is 6.42 Å². The SMILES string of the molecule is CCCc1cc(=O)[nH]c(Nc2cccc(C)c2C)n1. The molecular weight excluding hydrogens is 238 g/mol. The number of nitrogens with one attached hydrogen (secondary N) is 2. The Bertz CT molecular complexity index is 632. The second-order valence-corrected chi connectivity index (χ2v) is 4.71. The van der Waals surface area contributed by atoms with Crippen LogP contribution in [0.15, 0.2) is 29.1 Å². The summed E-state index contributed by atoms with van der Waals surface area (Å²) < 4.78 is 0. The van der Waals surface area contributed by atoms with Crippen molar-refractivity contribution in [3.63, 3.8) is 0 Å².